The third-order valence-corrected chi connectivity index (χ3v) is 2.40. The van der Waals surface area contributed by atoms with Gasteiger partial charge in [-0.05, 0) is 6.07 Å². The van der Waals surface area contributed by atoms with E-state index >= 15 is 0 Å². The van der Waals surface area contributed by atoms with E-state index in [4.69, 9.17) is 21.4 Å². The molecule has 0 bridgehead atoms. The summed E-state index contributed by atoms with van der Waals surface area (Å²) >= 11 is 5.60. The summed E-state index contributed by atoms with van der Waals surface area (Å²) in [5.41, 5.74) is -0.548. The van der Waals surface area contributed by atoms with E-state index in [0.717, 1.165) is 18.2 Å². The van der Waals surface area contributed by atoms with Crippen molar-refractivity contribution in [1.82, 2.24) is 9.97 Å². The van der Waals surface area contributed by atoms with Gasteiger partial charge in [0.1, 0.15) is 0 Å². The van der Waals surface area contributed by atoms with Crippen molar-refractivity contribution < 1.29 is 19.6 Å². The highest BCUT2D eigenvalue weighted by molar-refractivity contribution is 6.30. The number of aromatic nitrogens is 2. The first-order valence-corrected chi connectivity index (χ1v) is 5.52. The molecule has 0 atom stereocenters. The Kier molecular flexibility index (Phi) is 3.76. The van der Waals surface area contributed by atoms with Crippen molar-refractivity contribution >= 4 is 23.3 Å². The van der Waals surface area contributed by atoms with Gasteiger partial charge in [0.05, 0.1) is 27.9 Å². The summed E-state index contributed by atoms with van der Waals surface area (Å²) in [6.07, 6.45) is 2.49. The second-order valence-electron chi connectivity index (χ2n) is 3.53. The number of carbonyl (C=O) groups is 1. The Morgan fingerprint density at radius 1 is 1.35 bits per heavy atom. The van der Waals surface area contributed by atoms with E-state index in [1.807, 2.05) is 0 Å². The van der Waals surface area contributed by atoms with Crippen molar-refractivity contribution in [1.29, 1.82) is 0 Å². The molecule has 0 aliphatic heterocycles. The van der Waals surface area contributed by atoms with Gasteiger partial charge in [-0.25, -0.2) is 14.8 Å². The van der Waals surface area contributed by atoms with Crippen molar-refractivity contribution in [3.8, 4) is 11.8 Å². The average molecular weight is 296 g/mol. The van der Waals surface area contributed by atoms with Gasteiger partial charge < -0.3 is 9.84 Å². The minimum Gasteiger partial charge on any atom is -0.478 e. The van der Waals surface area contributed by atoms with E-state index < -0.39 is 16.6 Å². The molecule has 2 aromatic rings. The topological polar surface area (TPSA) is 115 Å². The Morgan fingerprint density at radius 3 is 2.55 bits per heavy atom. The molecule has 0 fully saturated rings. The first-order chi connectivity index (χ1) is 9.47. The van der Waals surface area contributed by atoms with Crippen LogP contribution < -0.4 is 4.74 Å². The number of nitro benzene ring substituents is 1. The summed E-state index contributed by atoms with van der Waals surface area (Å²) in [7, 11) is 0. The summed E-state index contributed by atoms with van der Waals surface area (Å²) < 4.78 is 5.13. The highest BCUT2D eigenvalue weighted by Gasteiger charge is 2.19. The molecule has 0 saturated carbocycles. The number of rotatable bonds is 4. The largest absolute Gasteiger partial charge is 0.478 e. The van der Waals surface area contributed by atoms with Crippen LogP contribution in [0.15, 0.2) is 30.6 Å². The minimum atomic E-state index is -1.23. The predicted molar refractivity (Wildman–Crippen MR) is 67.2 cm³/mol. The van der Waals surface area contributed by atoms with Gasteiger partial charge in [-0.2, -0.15) is 0 Å². The van der Waals surface area contributed by atoms with Crippen LogP contribution in [0.3, 0.4) is 0 Å². The maximum absolute atomic E-state index is 10.9. The van der Waals surface area contributed by atoms with Gasteiger partial charge in [0.25, 0.3) is 0 Å². The summed E-state index contributed by atoms with van der Waals surface area (Å²) in [4.78, 5) is 28.4. The molecule has 9 heteroatoms. The zero-order chi connectivity index (χ0) is 14.7. The van der Waals surface area contributed by atoms with Gasteiger partial charge in [-0.15, -0.1) is 0 Å². The van der Waals surface area contributed by atoms with E-state index in [2.05, 4.69) is 9.97 Å². The molecule has 102 valence electrons. The zero-order valence-corrected chi connectivity index (χ0v) is 10.4. The maximum Gasteiger partial charge on any atom is 0.335 e. The first kappa shape index (κ1) is 13.7. The molecule has 1 N–H and O–H groups in total. The van der Waals surface area contributed by atoms with Crippen molar-refractivity contribution in [3.63, 3.8) is 0 Å². The lowest BCUT2D eigenvalue weighted by Gasteiger charge is -2.05. The Balaban J connectivity index is 2.41. The maximum atomic E-state index is 10.9. The molecule has 0 radical (unpaired) electrons. The van der Waals surface area contributed by atoms with Gasteiger partial charge in [-0.3, -0.25) is 10.1 Å². The minimum absolute atomic E-state index is 0.153. The first-order valence-electron chi connectivity index (χ1n) is 5.14. The molecule has 8 nitrogen and oxygen atoms in total. The number of halogens is 1. The van der Waals surface area contributed by atoms with E-state index in [0.29, 0.717) is 0 Å². The fraction of sp³-hybridized carbons (Fsp3) is 0. The number of ether oxygens (including phenoxy) is 1. The van der Waals surface area contributed by atoms with Crippen molar-refractivity contribution in [2.75, 3.05) is 0 Å². The third-order valence-electron chi connectivity index (χ3n) is 2.20. The molecular weight excluding hydrogens is 290 g/mol. The summed E-state index contributed by atoms with van der Waals surface area (Å²) in [6, 6.07) is 2.99. The van der Waals surface area contributed by atoms with Crippen molar-refractivity contribution in [3.05, 3.63) is 51.3 Å². The standard InChI is InChI=1S/C11H6ClN3O5/c12-7-4-13-11(14-5-7)20-9-3-6(10(16)17)1-2-8(9)15(18)19/h1-5H,(H,16,17). The molecule has 1 heterocycles. The number of hydrogen-bond donors (Lipinski definition) is 1. The molecule has 0 saturated heterocycles. The molecule has 0 aliphatic carbocycles. The number of nitro groups is 1. The Labute approximate surface area is 116 Å². The van der Waals surface area contributed by atoms with E-state index in [-0.39, 0.29) is 22.3 Å². The van der Waals surface area contributed by atoms with Gasteiger partial charge in [0.2, 0.25) is 5.75 Å². The van der Waals surface area contributed by atoms with Crippen LogP contribution in [0.5, 0.6) is 11.8 Å². The van der Waals surface area contributed by atoms with Gasteiger partial charge in [0.15, 0.2) is 0 Å². The number of nitrogens with zero attached hydrogens (tertiary/aromatic N) is 3. The van der Waals surface area contributed by atoms with Crippen LogP contribution in [0.4, 0.5) is 5.69 Å². The highest BCUT2D eigenvalue weighted by atomic mass is 35.5. The normalized spacial score (nSPS) is 10.1. The van der Waals surface area contributed by atoms with E-state index in [1.165, 1.54) is 12.4 Å². The Bertz CT molecular complexity index is 674. The predicted octanol–water partition coefficient (Wildman–Crippen LogP) is 2.53. The van der Waals surface area contributed by atoms with Crippen LogP contribution in [-0.4, -0.2) is 26.0 Å². The quantitative estimate of drug-likeness (QED) is 0.680. The number of carboxylic acid groups (broad SMARTS) is 1. The van der Waals surface area contributed by atoms with Crippen LogP contribution in [0.25, 0.3) is 0 Å². The number of hydrogen-bond acceptors (Lipinski definition) is 6. The van der Waals surface area contributed by atoms with Crippen LogP contribution in [0.1, 0.15) is 10.4 Å². The Hall–Kier alpha value is -2.74. The van der Waals surface area contributed by atoms with E-state index in [1.54, 1.807) is 0 Å². The molecular formula is C11H6ClN3O5. The molecule has 0 aliphatic rings. The lowest BCUT2D eigenvalue weighted by Crippen LogP contribution is -2.00. The number of aromatic carboxylic acids is 1. The Morgan fingerprint density at radius 2 is 2.00 bits per heavy atom. The third kappa shape index (κ3) is 2.98. The van der Waals surface area contributed by atoms with Crippen molar-refractivity contribution in [2.24, 2.45) is 0 Å². The van der Waals surface area contributed by atoms with E-state index in [9.17, 15) is 14.9 Å². The number of benzene rings is 1. The van der Waals surface area contributed by atoms with Crippen LogP contribution >= 0.6 is 11.6 Å². The summed E-state index contributed by atoms with van der Waals surface area (Å²) in [6.45, 7) is 0. The van der Waals surface area contributed by atoms with Gasteiger partial charge in [0, 0.05) is 12.1 Å². The molecule has 0 spiro atoms. The lowest BCUT2D eigenvalue weighted by atomic mass is 10.2. The van der Waals surface area contributed by atoms with Gasteiger partial charge in [-0.1, -0.05) is 11.6 Å². The van der Waals surface area contributed by atoms with Crippen molar-refractivity contribution in [2.45, 2.75) is 0 Å². The summed E-state index contributed by atoms with van der Waals surface area (Å²) in [5, 5.41) is 20.0. The highest BCUT2D eigenvalue weighted by Crippen LogP contribution is 2.31. The van der Waals surface area contributed by atoms with Crippen LogP contribution in [0, 0.1) is 10.1 Å². The fourth-order valence-corrected chi connectivity index (χ4v) is 1.43. The van der Waals surface area contributed by atoms with Crippen LogP contribution in [0.2, 0.25) is 5.02 Å². The fourth-order valence-electron chi connectivity index (χ4n) is 1.33. The second kappa shape index (κ2) is 5.49. The average Bonchev–Trinajstić information content (AvgIpc) is 2.41. The monoisotopic (exact) mass is 295 g/mol. The molecule has 0 amide bonds. The molecule has 20 heavy (non-hydrogen) atoms. The zero-order valence-electron chi connectivity index (χ0n) is 9.69. The summed E-state index contributed by atoms with van der Waals surface area (Å²) in [5.74, 6) is -1.50. The SMILES string of the molecule is O=C(O)c1ccc([N+](=O)[O-])c(Oc2ncc(Cl)cn2)c1. The lowest BCUT2D eigenvalue weighted by molar-refractivity contribution is -0.385. The molecule has 1 aromatic carbocycles. The van der Waals surface area contributed by atoms with Crippen LogP contribution in [-0.2, 0) is 0 Å². The molecule has 2 rings (SSSR count). The molecule has 1 aromatic heterocycles. The molecule has 0 unspecified atom stereocenters. The number of carboxylic acids is 1. The smallest absolute Gasteiger partial charge is 0.335 e. The van der Waals surface area contributed by atoms with Gasteiger partial charge >= 0.3 is 17.7 Å². The second-order valence-corrected chi connectivity index (χ2v) is 3.97.